The van der Waals surface area contributed by atoms with Crippen molar-refractivity contribution in [1.29, 1.82) is 0 Å². The summed E-state index contributed by atoms with van der Waals surface area (Å²) in [5, 5.41) is 3.24. The van der Waals surface area contributed by atoms with Gasteiger partial charge in [0.25, 0.3) is 5.91 Å². The van der Waals surface area contributed by atoms with Gasteiger partial charge in [-0.25, -0.2) is 0 Å². The molecule has 1 fully saturated rings. The van der Waals surface area contributed by atoms with Gasteiger partial charge in [0.05, 0.1) is 19.6 Å². The van der Waals surface area contributed by atoms with Crippen molar-refractivity contribution in [2.75, 3.05) is 25.0 Å². The number of nitrogens with zero attached hydrogens (tertiary/aromatic N) is 1. The number of likely N-dealkylation sites (N-methyl/N-ethyl adjacent to an activating group) is 1. The second-order valence-electron chi connectivity index (χ2n) is 6.88. The summed E-state index contributed by atoms with van der Waals surface area (Å²) >= 11 is 0. The predicted octanol–water partition coefficient (Wildman–Crippen LogP) is 3.96. The first kappa shape index (κ1) is 20.8. The number of aryl methyl sites for hydroxylation is 3. The number of hydrogen-bond donors (Lipinski definition) is 1. The summed E-state index contributed by atoms with van der Waals surface area (Å²) in [5.41, 5.74) is 4.56. The second kappa shape index (κ2) is 8.73. The van der Waals surface area contributed by atoms with E-state index in [1.54, 1.807) is 0 Å². The second-order valence-corrected chi connectivity index (χ2v) is 6.88. The van der Waals surface area contributed by atoms with Crippen LogP contribution in [0.2, 0.25) is 0 Å². The molecular formula is C19H31N2OY+. The minimum Gasteiger partial charge on any atom is -0.320 e. The Morgan fingerprint density at radius 2 is 1.65 bits per heavy atom. The molecule has 0 aliphatic carbocycles. The Morgan fingerprint density at radius 3 is 2.09 bits per heavy atom. The van der Waals surface area contributed by atoms with Crippen LogP contribution < -0.4 is 5.32 Å². The molecule has 1 heterocycles. The van der Waals surface area contributed by atoms with Crippen LogP contribution in [0.15, 0.2) is 12.1 Å². The zero-order chi connectivity index (χ0) is 16.3. The molecule has 0 aromatic heterocycles. The first-order chi connectivity index (χ1) is 10.4. The SMILES string of the molecule is CCC(C(=O)Nc1c(C)cc(C)cc1C)[N+]1(CC)CCCC1.[Y]. The fourth-order valence-corrected chi connectivity index (χ4v) is 4.22. The molecule has 3 nitrogen and oxygen atoms in total. The number of likely N-dealkylation sites (tertiary alicyclic amines) is 1. The average Bonchev–Trinajstić information content (AvgIpc) is 2.93. The fourth-order valence-electron chi connectivity index (χ4n) is 4.22. The summed E-state index contributed by atoms with van der Waals surface area (Å²) in [6, 6.07) is 4.36. The van der Waals surface area contributed by atoms with Gasteiger partial charge in [-0.05, 0) is 38.8 Å². The van der Waals surface area contributed by atoms with E-state index in [4.69, 9.17) is 0 Å². The van der Waals surface area contributed by atoms with Gasteiger partial charge in [-0.15, -0.1) is 0 Å². The molecular weight excluding hydrogens is 361 g/mol. The molecule has 23 heavy (non-hydrogen) atoms. The Bertz CT molecular complexity index is 527. The summed E-state index contributed by atoms with van der Waals surface area (Å²) in [7, 11) is 0. The maximum absolute atomic E-state index is 13.0. The van der Waals surface area contributed by atoms with Crippen molar-refractivity contribution in [3.63, 3.8) is 0 Å². The molecule has 125 valence electrons. The van der Waals surface area contributed by atoms with Gasteiger partial charge >= 0.3 is 0 Å². The zero-order valence-electron chi connectivity index (χ0n) is 15.4. The fraction of sp³-hybridized carbons (Fsp3) is 0.632. The number of carbonyl (C=O) groups is 1. The topological polar surface area (TPSA) is 29.1 Å². The van der Waals surface area contributed by atoms with E-state index in [0.717, 1.165) is 47.4 Å². The van der Waals surface area contributed by atoms with E-state index in [1.807, 2.05) is 0 Å². The molecule has 0 spiro atoms. The number of amides is 1. The van der Waals surface area contributed by atoms with Gasteiger partial charge < -0.3 is 9.80 Å². The minimum atomic E-state index is 0. The summed E-state index contributed by atoms with van der Waals surface area (Å²) in [4.78, 5) is 13.0. The van der Waals surface area contributed by atoms with Gasteiger partial charge in [-0.3, -0.25) is 4.79 Å². The van der Waals surface area contributed by atoms with Crippen LogP contribution in [0.4, 0.5) is 5.69 Å². The maximum Gasteiger partial charge on any atom is 0.282 e. The Balaban J connectivity index is 0.00000264. The number of rotatable bonds is 5. The smallest absolute Gasteiger partial charge is 0.282 e. The summed E-state index contributed by atoms with van der Waals surface area (Å²) in [6.07, 6.45) is 3.41. The third kappa shape index (κ3) is 4.43. The van der Waals surface area contributed by atoms with Gasteiger partial charge in [0, 0.05) is 57.7 Å². The van der Waals surface area contributed by atoms with Crippen molar-refractivity contribution in [2.45, 2.75) is 59.9 Å². The number of nitrogens with one attached hydrogen (secondary N) is 1. The van der Waals surface area contributed by atoms with E-state index < -0.39 is 0 Å². The van der Waals surface area contributed by atoms with Gasteiger partial charge in [-0.2, -0.15) is 0 Å². The van der Waals surface area contributed by atoms with E-state index in [-0.39, 0.29) is 44.7 Å². The van der Waals surface area contributed by atoms with Crippen LogP contribution in [0.5, 0.6) is 0 Å². The summed E-state index contributed by atoms with van der Waals surface area (Å²) < 4.78 is 0.965. The molecule has 1 aromatic carbocycles. The van der Waals surface area contributed by atoms with Crippen molar-refractivity contribution in [2.24, 2.45) is 0 Å². The average molecular weight is 392 g/mol. The van der Waals surface area contributed by atoms with Crippen LogP contribution in [0, 0.1) is 20.8 Å². The molecule has 0 bridgehead atoms. The Kier molecular flexibility index (Phi) is 7.90. The molecule has 1 N–H and O–H groups in total. The monoisotopic (exact) mass is 392 g/mol. The van der Waals surface area contributed by atoms with Crippen molar-refractivity contribution >= 4 is 11.6 Å². The van der Waals surface area contributed by atoms with E-state index in [0.29, 0.717) is 0 Å². The molecule has 1 amide bonds. The Hall–Kier alpha value is -0.246. The van der Waals surface area contributed by atoms with Crippen LogP contribution in [0.25, 0.3) is 0 Å². The normalized spacial score (nSPS) is 17.4. The largest absolute Gasteiger partial charge is 0.320 e. The van der Waals surface area contributed by atoms with Crippen LogP contribution in [0.3, 0.4) is 0 Å². The van der Waals surface area contributed by atoms with Crippen LogP contribution in [0.1, 0.15) is 49.8 Å². The number of anilines is 1. The van der Waals surface area contributed by atoms with E-state index in [9.17, 15) is 4.79 Å². The Labute approximate surface area is 166 Å². The van der Waals surface area contributed by atoms with E-state index in [2.05, 4.69) is 52.1 Å². The molecule has 1 aliphatic heterocycles. The number of carbonyl (C=O) groups excluding carboxylic acids is 1. The van der Waals surface area contributed by atoms with Crippen molar-refractivity contribution in [1.82, 2.24) is 0 Å². The molecule has 2 rings (SSSR count). The molecule has 4 heteroatoms. The molecule has 1 atom stereocenters. The molecule has 1 unspecified atom stereocenters. The van der Waals surface area contributed by atoms with Crippen LogP contribution in [-0.4, -0.2) is 36.1 Å². The van der Waals surface area contributed by atoms with Crippen LogP contribution in [-0.2, 0) is 37.5 Å². The maximum atomic E-state index is 13.0. The predicted molar refractivity (Wildman–Crippen MR) is 93.1 cm³/mol. The zero-order valence-corrected chi connectivity index (χ0v) is 18.2. The number of hydrogen-bond acceptors (Lipinski definition) is 1. The quantitative estimate of drug-likeness (QED) is 0.756. The standard InChI is InChI=1S/C19H30N2O.Y/c1-6-17(21(7-2)10-8-9-11-21)19(22)20-18-15(4)12-14(3)13-16(18)5;/h12-13,17H,6-11H2,1-5H3;/p+1. The van der Waals surface area contributed by atoms with Crippen LogP contribution >= 0.6 is 0 Å². The van der Waals surface area contributed by atoms with Crippen molar-refractivity contribution in [3.05, 3.63) is 28.8 Å². The molecule has 0 saturated carbocycles. The van der Waals surface area contributed by atoms with E-state index in [1.165, 1.54) is 18.4 Å². The molecule has 1 aromatic rings. The minimum absolute atomic E-state index is 0. The number of quaternary nitrogens is 1. The van der Waals surface area contributed by atoms with Gasteiger partial charge in [-0.1, -0.05) is 24.6 Å². The van der Waals surface area contributed by atoms with E-state index >= 15 is 0 Å². The first-order valence-corrected chi connectivity index (χ1v) is 8.68. The number of benzene rings is 1. The molecule has 1 aliphatic rings. The Morgan fingerprint density at radius 1 is 1.13 bits per heavy atom. The third-order valence-electron chi connectivity index (χ3n) is 5.36. The van der Waals surface area contributed by atoms with Crippen molar-refractivity contribution < 1.29 is 42.0 Å². The summed E-state index contributed by atoms with van der Waals surface area (Å²) in [6.45, 7) is 14.0. The van der Waals surface area contributed by atoms with Gasteiger partial charge in [0.15, 0.2) is 6.04 Å². The summed E-state index contributed by atoms with van der Waals surface area (Å²) in [5.74, 6) is 0.196. The van der Waals surface area contributed by atoms with Crippen molar-refractivity contribution in [3.8, 4) is 0 Å². The molecule has 1 saturated heterocycles. The first-order valence-electron chi connectivity index (χ1n) is 8.68. The molecule has 1 radical (unpaired) electrons. The third-order valence-corrected chi connectivity index (χ3v) is 5.36. The van der Waals surface area contributed by atoms with Gasteiger partial charge in [0.2, 0.25) is 0 Å². The van der Waals surface area contributed by atoms with Gasteiger partial charge in [0.1, 0.15) is 0 Å².